The second-order valence-electron chi connectivity index (χ2n) is 5.32. The van der Waals surface area contributed by atoms with E-state index in [1.54, 1.807) is 0 Å². The molecule has 0 saturated carbocycles. The first-order chi connectivity index (χ1) is 8.66. The Labute approximate surface area is 113 Å². The molecule has 0 radical (unpaired) electrons. The molecule has 0 atom stereocenters. The van der Waals surface area contributed by atoms with E-state index in [0.717, 1.165) is 44.7 Å². The molecule has 0 spiro atoms. The highest BCUT2D eigenvalue weighted by atomic mass is 16.5. The van der Waals surface area contributed by atoms with Crippen LogP contribution in [-0.2, 0) is 9.53 Å². The predicted octanol–water partition coefficient (Wildman–Crippen LogP) is 3.53. The van der Waals surface area contributed by atoms with E-state index in [1.807, 2.05) is 0 Å². The normalized spacial score (nSPS) is 10.9. The number of unbranched alkanes of at least 4 members (excludes halogenated alkanes) is 3. The van der Waals surface area contributed by atoms with Crippen LogP contribution in [0.15, 0.2) is 0 Å². The van der Waals surface area contributed by atoms with E-state index in [4.69, 9.17) is 4.74 Å². The lowest BCUT2D eigenvalue weighted by Gasteiger charge is -2.07. The summed E-state index contributed by atoms with van der Waals surface area (Å²) in [6, 6.07) is 0. The largest absolute Gasteiger partial charge is 0.466 e. The predicted molar refractivity (Wildman–Crippen MR) is 76.7 cm³/mol. The molecule has 0 amide bonds. The fourth-order valence-electron chi connectivity index (χ4n) is 1.62. The average Bonchev–Trinajstić information content (AvgIpc) is 2.34. The van der Waals surface area contributed by atoms with E-state index in [2.05, 4.69) is 26.1 Å². The third-order valence-electron chi connectivity index (χ3n) is 2.89. The Bertz CT molecular complexity index is 193. The van der Waals surface area contributed by atoms with Crippen LogP contribution in [0.3, 0.4) is 0 Å². The monoisotopic (exact) mass is 257 g/mol. The average molecular weight is 257 g/mol. The number of hydrogen-bond donors (Lipinski definition) is 1. The molecule has 108 valence electrons. The molecule has 3 nitrogen and oxygen atoms in total. The van der Waals surface area contributed by atoms with Gasteiger partial charge in [0, 0.05) is 6.42 Å². The van der Waals surface area contributed by atoms with Crippen molar-refractivity contribution in [1.29, 1.82) is 0 Å². The van der Waals surface area contributed by atoms with Crippen LogP contribution < -0.4 is 5.32 Å². The first kappa shape index (κ1) is 17.4. The summed E-state index contributed by atoms with van der Waals surface area (Å²) in [6.45, 7) is 9.36. The summed E-state index contributed by atoms with van der Waals surface area (Å²) in [4.78, 5) is 11.2. The summed E-state index contributed by atoms with van der Waals surface area (Å²) in [5.41, 5.74) is 0. The number of rotatable bonds is 12. The summed E-state index contributed by atoms with van der Waals surface area (Å²) in [5, 5.41) is 3.44. The zero-order valence-electron chi connectivity index (χ0n) is 12.5. The fourth-order valence-corrected chi connectivity index (χ4v) is 1.62. The Hall–Kier alpha value is -0.570. The lowest BCUT2D eigenvalue weighted by Crippen LogP contribution is -2.18. The third-order valence-corrected chi connectivity index (χ3v) is 2.89. The van der Waals surface area contributed by atoms with Crippen molar-refractivity contribution in [3.05, 3.63) is 0 Å². The van der Waals surface area contributed by atoms with Gasteiger partial charge in [0.05, 0.1) is 6.61 Å². The first-order valence-electron chi connectivity index (χ1n) is 7.53. The lowest BCUT2D eigenvalue weighted by molar-refractivity contribution is -0.143. The molecule has 0 fully saturated rings. The molecule has 0 aromatic rings. The maximum Gasteiger partial charge on any atom is 0.305 e. The molecule has 3 heteroatoms. The Kier molecular flexibility index (Phi) is 12.5. The molecule has 0 aromatic heterocycles. The highest BCUT2D eigenvalue weighted by molar-refractivity contribution is 5.69. The Morgan fingerprint density at radius 1 is 1.11 bits per heavy atom. The van der Waals surface area contributed by atoms with Crippen molar-refractivity contribution in [1.82, 2.24) is 5.32 Å². The molecule has 0 bridgehead atoms. The first-order valence-corrected chi connectivity index (χ1v) is 7.53. The molecular formula is C15H31NO2. The molecule has 0 aromatic carbocycles. The van der Waals surface area contributed by atoms with Gasteiger partial charge in [0.1, 0.15) is 0 Å². The molecule has 18 heavy (non-hydrogen) atoms. The maximum atomic E-state index is 11.2. The molecule has 0 aliphatic heterocycles. The number of carbonyl (C=O) groups is 1. The SMILES string of the molecule is CCCCC(=O)OCCCCCNCCC(C)C. The summed E-state index contributed by atoms with van der Waals surface area (Å²) in [7, 11) is 0. The second-order valence-corrected chi connectivity index (χ2v) is 5.32. The van der Waals surface area contributed by atoms with Crippen molar-refractivity contribution in [2.45, 2.75) is 65.7 Å². The summed E-state index contributed by atoms with van der Waals surface area (Å²) in [5.74, 6) is 0.743. The van der Waals surface area contributed by atoms with Crippen LogP contribution >= 0.6 is 0 Å². The van der Waals surface area contributed by atoms with Gasteiger partial charge in [-0.15, -0.1) is 0 Å². The van der Waals surface area contributed by atoms with Gasteiger partial charge < -0.3 is 10.1 Å². The number of carbonyl (C=O) groups excluding carboxylic acids is 1. The minimum atomic E-state index is -0.0353. The van der Waals surface area contributed by atoms with Crippen molar-refractivity contribution in [2.75, 3.05) is 19.7 Å². The van der Waals surface area contributed by atoms with E-state index in [-0.39, 0.29) is 5.97 Å². The number of ether oxygens (including phenoxy) is 1. The van der Waals surface area contributed by atoms with Gasteiger partial charge in [-0.05, 0) is 51.1 Å². The summed E-state index contributed by atoms with van der Waals surface area (Å²) >= 11 is 0. The molecule has 0 unspecified atom stereocenters. The van der Waals surface area contributed by atoms with Gasteiger partial charge in [-0.3, -0.25) is 4.79 Å². The fraction of sp³-hybridized carbons (Fsp3) is 0.933. The summed E-state index contributed by atoms with van der Waals surface area (Å²) in [6.07, 6.45) is 7.11. The maximum absolute atomic E-state index is 11.2. The van der Waals surface area contributed by atoms with Gasteiger partial charge in [-0.1, -0.05) is 27.2 Å². The van der Waals surface area contributed by atoms with Gasteiger partial charge in [0.15, 0.2) is 0 Å². The second kappa shape index (κ2) is 12.9. The van der Waals surface area contributed by atoms with Crippen LogP contribution in [0, 0.1) is 5.92 Å². The topological polar surface area (TPSA) is 38.3 Å². The van der Waals surface area contributed by atoms with Crippen molar-refractivity contribution in [3.63, 3.8) is 0 Å². The standard InChI is InChI=1S/C15H31NO2/c1-4-5-9-15(17)18-13-8-6-7-11-16-12-10-14(2)3/h14,16H,4-13H2,1-3H3. The van der Waals surface area contributed by atoms with Gasteiger partial charge in [-0.2, -0.15) is 0 Å². The smallest absolute Gasteiger partial charge is 0.305 e. The van der Waals surface area contributed by atoms with Crippen molar-refractivity contribution >= 4 is 5.97 Å². The Balaban J connectivity index is 3.09. The van der Waals surface area contributed by atoms with Crippen molar-refractivity contribution < 1.29 is 9.53 Å². The Morgan fingerprint density at radius 3 is 2.56 bits per heavy atom. The number of nitrogens with one attached hydrogen (secondary N) is 1. The van der Waals surface area contributed by atoms with Crippen LogP contribution in [0.5, 0.6) is 0 Å². The van der Waals surface area contributed by atoms with Crippen molar-refractivity contribution in [3.8, 4) is 0 Å². The van der Waals surface area contributed by atoms with Crippen LogP contribution in [0.1, 0.15) is 65.7 Å². The Morgan fingerprint density at radius 2 is 1.89 bits per heavy atom. The van der Waals surface area contributed by atoms with E-state index in [1.165, 1.54) is 12.8 Å². The molecule has 0 rings (SSSR count). The van der Waals surface area contributed by atoms with E-state index in [9.17, 15) is 4.79 Å². The highest BCUT2D eigenvalue weighted by Gasteiger charge is 2.00. The lowest BCUT2D eigenvalue weighted by atomic mass is 10.1. The molecule has 0 aliphatic rings. The van der Waals surface area contributed by atoms with Crippen LogP contribution in [0.4, 0.5) is 0 Å². The van der Waals surface area contributed by atoms with Gasteiger partial charge >= 0.3 is 5.97 Å². The molecule has 0 heterocycles. The zero-order valence-corrected chi connectivity index (χ0v) is 12.5. The van der Waals surface area contributed by atoms with Crippen LogP contribution in [0.2, 0.25) is 0 Å². The van der Waals surface area contributed by atoms with E-state index in [0.29, 0.717) is 13.0 Å². The van der Waals surface area contributed by atoms with E-state index >= 15 is 0 Å². The summed E-state index contributed by atoms with van der Waals surface area (Å²) < 4.78 is 5.14. The third kappa shape index (κ3) is 13.5. The van der Waals surface area contributed by atoms with Crippen LogP contribution in [0.25, 0.3) is 0 Å². The van der Waals surface area contributed by atoms with Gasteiger partial charge in [-0.25, -0.2) is 0 Å². The molecule has 0 aliphatic carbocycles. The zero-order chi connectivity index (χ0) is 13.6. The quantitative estimate of drug-likeness (QED) is 0.429. The van der Waals surface area contributed by atoms with E-state index < -0.39 is 0 Å². The number of esters is 1. The van der Waals surface area contributed by atoms with Gasteiger partial charge in [0.25, 0.3) is 0 Å². The minimum Gasteiger partial charge on any atom is -0.466 e. The number of hydrogen-bond acceptors (Lipinski definition) is 3. The molecular weight excluding hydrogens is 226 g/mol. The molecule has 1 N–H and O–H groups in total. The highest BCUT2D eigenvalue weighted by Crippen LogP contribution is 2.00. The molecule has 0 saturated heterocycles. The van der Waals surface area contributed by atoms with Gasteiger partial charge in [0.2, 0.25) is 0 Å². The van der Waals surface area contributed by atoms with Crippen molar-refractivity contribution in [2.24, 2.45) is 5.92 Å². The van der Waals surface area contributed by atoms with Crippen LogP contribution in [-0.4, -0.2) is 25.7 Å². The minimum absolute atomic E-state index is 0.0353.